The molecule has 0 atom stereocenters. The van der Waals surface area contributed by atoms with E-state index in [0.29, 0.717) is 0 Å². The van der Waals surface area contributed by atoms with E-state index >= 15 is 0 Å². The topological polar surface area (TPSA) is 0 Å². The van der Waals surface area contributed by atoms with Crippen LogP contribution in [0, 0.1) is 13.8 Å². The van der Waals surface area contributed by atoms with Gasteiger partial charge in [0.1, 0.15) is 0 Å². The zero-order chi connectivity index (χ0) is 15.4. The van der Waals surface area contributed by atoms with Crippen LogP contribution in [0.4, 0.5) is 0 Å². The molecule has 110 valence electrons. The molecule has 0 N–H and O–H groups in total. The Morgan fingerprint density at radius 2 is 1.23 bits per heavy atom. The molecular formula is C22H22. The maximum Gasteiger partial charge on any atom is -0.0152 e. The van der Waals surface area contributed by atoms with E-state index in [1.807, 2.05) is 0 Å². The van der Waals surface area contributed by atoms with Crippen LogP contribution in [0.1, 0.15) is 22.3 Å². The van der Waals surface area contributed by atoms with Gasteiger partial charge in [-0.05, 0) is 60.1 Å². The maximum absolute atomic E-state index is 2.30. The van der Waals surface area contributed by atoms with E-state index in [2.05, 4.69) is 86.6 Å². The Balaban J connectivity index is 1.84. The molecule has 3 aromatic rings. The van der Waals surface area contributed by atoms with Crippen LogP contribution in [0.15, 0.2) is 72.8 Å². The smallest absolute Gasteiger partial charge is 0.0152 e. The molecule has 0 saturated carbocycles. The van der Waals surface area contributed by atoms with Crippen LogP contribution in [-0.4, -0.2) is 0 Å². The lowest BCUT2D eigenvalue weighted by atomic mass is 9.91. The molecule has 0 radical (unpaired) electrons. The van der Waals surface area contributed by atoms with Crippen molar-refractivity contribution in [2.24, 2.45) is 0 Å². The molecule has 0 fully saturated rings. The Labute approximate surface area is 133 Å². The summed E-state index contributed by atoms with van der Waals surface area (Å²) in [6.07, 6.45) is 2.21. The van der Waals surface area contributed by atoms with Gasteiger partial charge in [0.05, 0.1) is 0 Å². The molecule has 0 aliphatic carbocycles. The third kappa shape index (κ3) is 3.12. The largest absolute Gasteiger partial charge is 0.0622 e. The summed E-state index contributed by atoms with van der Waals surface area (Å²) in [5, 5.41) is 0. The molecule has 3 aromatic carbocycles. The quantitative estimate of drug-likeness (QED) is 0.572. The fourth-order valence-electron chi connectivity index (χ4n) is 3.00. The molecular weight excluding hydrogens is 264 g/mol. The highest BCUT2D eigenvalue weighted by molar-refractivity contribution is 5.69. The molecule has 0 aliphatic rings. The van der Waals surface area contributed by atoms with Gasteiger partial charge < -0.3 is 0 Å². The molecule has 0 bridgehead atoms. The van der Waals surface area contributed by atoms with E-state index in [4.69, 9.17) is 0 Å². The molecule has 0 aliphatic heterocycles. The van der Waals surface area contributed by atoms with Gasteiger partial charge >= 0.3 is 0 Å². The summed E-state index contributed by atoms with van der Waals surface area (Å²) in [5.74, 6) is 0. The normalized spacial score (nSPS) is 10.6. The van der Waals surface area contributed by atoms with Crippen molar-refractivity contribution in [1.82, 2.24) is 0 Å². The third-order valence-corrected chi connectivity index (χ3v) is 4.51. The monoisotopic (exact) mass is 286 g/mol. The highest BCUT2D eigenvalue weighted by Gasteiger charge is 2.08. The minimum absolute atomic E-state index is 1.10. The Morgan fingerprint density at radius 1 is 0.591 bits per heavy atom. The van der Waals surface area contributed by atoms with Gasteiger partial charge in [-0.3, -0.25) is 0 Å². The second-order valence-corrected chi connectivity index (χ2v) is 5.87. The van der Waals surface area contributed by atoms with Crippen LogP contribution in [0.2, 0.25) is 0 Å². The van der Waals surface area contributed by atoms with Crippen LogP contribution < -0.4 is 0 Å². The van der Waals surface area contributed by atoms with Crippen molar-refractivity contribution in [2.75, 3.05) is 0 Å². The summed E-state index contributed by atoms with van der Waals surface area (Å²) in [7, 11) is 0. The van der Waals surface area contributed by atoms with Crippen molar-refractivity contribution >= 4 is 0 Å². The first-order chi connectivity index (χ1) is 10.8. The second-order valence-electron chi connectivity index (χ2n) is 5.87. The first-order valence-corrected chi connectivity index (χ1v) is 7.94. The molecule has 0 saturated heterocycles. The van der Waals surface area contributed by atoms with E-state index in [1.165, 1.54) is 33.4 Å². The highest BCUT2D eigenvalue weighted by Crippen LogP contribution is 2.28. The fraction of sp³-hybridized carbons (Fsp3) is 0.182. The summed E-state index contributed by atoms with van der Waals surface area (Å²) < 4.78 is 0. The predicted molar refractivity (Wildman–Crippen MR) is 95.2 cm³/mol. The molecule has 0 spiro atoms. The first kappa shape index (κ1) is 14.6. The average molecular weight is 286 g/mol. The lowest BCUT2D eigenvalue weighted by molar-refractivity contribution is 0.946. The molecule has 0 aromatic heterocycles. The Bertz CT molecular complexity index is 740. The van der Waals surface area contributed by atoms with Crippen molar-refractivity contribution in [3.05, 3.63) is 95.1 Å². The van der Waals surface area contributed by atoms with E-state index in [9.17, 15) is 0 Å². The summed E-state index contributed by atoms with van der Waals surface area (Å²) in [4.78, 5) is 0. The van der Waals surface area contributed by atoms with E-state index < -0.39 is 0 Å². The molecule has 0 heteroatoms. The van der Waals surface area contributed by atoms with Gasteiger partial charge in [0.15, 0.2) is 0 Å². The lowest BCUT2D eigenvalue weighted by Gasteiger charge is -2.14. The van der Waals surface area contributed by atoms with Gasteiger partial charge in [-0.1, -0.05) is 72.8 Å². The Kier molecular flexibility index (Phi) is 4.39. The van der Waals surface area contributed by atoms with Crippen LogP contribution in [0.5, 0.6) is 0 Å². The van der Waals surface area contributed by atoms with Gasteiger partial charge in [0, 0.05) is 0 Å². The molecule has 3 rings (SSSR count). The van der Waals surface area contributed by atoms with Crippen molar-refractivity contribution < 1.29 is 0 Å². The number of rotatable bonds is 4. The van der Waals surface area contributed by atoms with Crippen molar-refractivity contribution in [3.8, 4) is 11.1 Å². The lowest BCUT2D eigenvalue weighted by Crippen LogP contribution is -1.98. The minimum atomic E-state index is 1.10. The number of hydrogen-bond donors (Lipinski definition) is 0. The van der Waals surface area contributed by atoms with Crippen LogP contribution in [0.25, 0.3) is 11.1 Å². The number of benzene rings is 3. The van der Waals surface area contributed by atoms with Crippen molar-refractivity contribution in [2.45, 2.75) is 26.7 Å². The van der Waals surface area contributed by atoms with Crippen molar-refractivity contribution in [1.29, 1.82) is 0 Å². The van der Waals surface area contributed by atoms with Gasteiger partial charge in [0.2, 0.25) is 0 Å². The third-order valence-electron chi connectivity index (χ3n) is 4.51. The van der Waals surface area contributed by atoms with Crippen LogP contribution >= 0.6 is 0 Å². The molecule has 0 nitrogen and oxygen atoms in total. The first-order valence-electron chi connectivity index (χ1n) is 7.94. The molecule has 0 unspecified atom stereocenters. The van der Waals surface area contributed by atoms with E-state index in [-0.39, 0.29) is 0 Å². The number of hydrogen-bond acceptors (Lipinski definition) is 0. The zero-order valence-electron chi connectivity index (χ0n) is 13.3. The van der Waals surface area contributed by atoms with E-state index in [1.54, 1.807) is 0 Å². The zero-order valence-corrected chi connectivity index (χ0v) is 13.3. The van der Waals surface area contributed by atoms with Crippen LogP contribution in [0.3, 0.4) is 0 Å². The van der Waals surface area contributed by atoms with Gasteiger partial charge in [-0.25, -0.2) is 0 Å². The van der Waals surface area contributed by atoms with E-state index in [0.717, 1.165) is 12.8 Å². The summed E-state index contributed by atoms with van der Waals surface area (Å²) in [6.45, 7) is 4.49. The molecule has 0 amide bonds. The van der Waals surface area contributed by atoms with Gasteiger partial charge in [-0.2, -0.15) is 0 Å². The molecule has 22 heavy (non-hydrogen) atoms. The fourth-order valence-corrected chi connectivity index (χ4v) is 3.00. The predicted octanol–water partition coefficient (Wildman–Crippen LogP) is 5.76. The highest BCUT2D eigenvalue weighted by atomic mass is 14.1. The Morgan fingerprint density at radius 3 is 1.91 bits per heavy atom. The standard InChI is InChI=1S/C22H22/c1-17-18(2)22(21-11-7-4-8-12-21)16-15-20(17)14-13-19-9-5-3-6-10-19/h3-12,15-16H,13-14H2,1-2H3. The Hall–Kier alpha value is -2.34. The van der Waals surface area contributed by atoms with Gasteiger partial charge in [0.25, 0.3) is 0 Å². The average Bonchev–Trinajstić information content (AvgIpc) is 2.58. The maximum atomic E-state index is 2.30. The van der Waals surface area contributed by atoms with Crippen LogP contribution in [-0.2, 0) is 12.8 Å². The summed E-state index contributed by atoms with van der Waals surface area (Å²) in [5.41, 5.74) is 8.35. The summed E-state index contributed by atoms with van der Waals surface area (Å²) >= 11 is 0. The summed E-state index contributed by atoms with van der Waals surface area (Å²) in [6, 6.07) is 26.0. The number of aryl methyl sites for hydroxylation is 2. The molecule has 0 heterocycles. The SMILES string of the molecule is Cc1c(CCc2ccccc2)ccc(-c2ccccc2)c1C. The van der Waals surface area contributed by atoms with Crippen molar-refractivity contribution in [3.63, 3.8) is 0 Å². The second kappa shape index (κ2) is 6.62. The van der Waals surface area contributed by atoms with Gasteiger partial charge in [-0.15, -0.1) is 0 Å². The minimum Gasteiger partial charge on any atom is -0.0622 e.